The van der Waals surface area contributed by atoms with Crippen LogP contribution in [0.15, 0.2) is 18.2 Å². The predicted octanol–water partition coefficient (Wildman–Crippen LogP) is 1.26. The lowest BCUT2D eigenvalue weighted by Crippen LogP contribution is -2.37. The highest BCUT2D eigenvalue weighted by molar-refractivity contribution is 5.97. The van der Waals surface area contributed by atoms with E-state index in [4.69, 9.17) is 5.11 Å². The fourth-order valence-electron chi connectivity index (χ4n) is 2.26. The first-order valence-electron chi connectivity index (χ1n) is 6.79. The molecule has 7 heteroatoms. The van der Waals surface area contributed by atoms with Crippen LogP contribution >= 0.6 is 0 Å². The summed E-state index contributed by atoms with van der Waals surface area (Å²) in [6.07, 6.45) is 0.880. The molecule has 0 unspecified atom stereocenters. The quantitative estimate of drug-likeness (QED) is 0.714. The summed E-state index contributed by atoms with van der Waals surface area (Å²) in [7, 11) is 2.00. The molecule has 0 spiro atoms. The first-order chi connectivity index (χ1) is 9.99. The number of aromatic carboxylic acids is 1. The Balaban J connectivity index is 2.09. The lowest BCUT2D eigenvalue weighted by Gasteiger charge is -2.21. The number of rotatable bonds is 2. The van der Waals surface area contributed by atoms with Crippen molar-refractivity contribution in [2.24, 2.45) is 0 Å². The predicted molar refractivity (Wildman–Crippen MR) is 77.8 cm³/mol. The number of nitrogens with one attached hydrogen (secondary N) is 1. The summed E-state index contributed by atoms with van der Waals surface area (Å²) in [6, 6.07) is 3.91. The van der Waals surface area contributed by atoms with Crippen LogP contribution in [-0.2, 0) is 0 Å². The van der Waals surface area contributed by atoms with E-state index >= 15 is 0 Å². The molecule has 0 bridgehead atoms. The van der Waals surface area contributed by atoms with Gasteiger partial charge >= 0.3 is 12.0 Å². The van der Waals surface area contributed by atoms with Crippen LogP contribution in [0.25, 0.3) is 0 Å². The minimum Gasteiger partial charge on any atom is -0.505 e. The van der Waals surface area contributed by atoms with Crippen LogP contribution in [0.3, 0.4) is 0 Å². The molecule has 114 valence electrons. The first-order valence-corrected chi connectivity index (χ1v) is 6.79. The molecule has 0 atom stereocenters. The topological polar surface area (TPSA) is 93.1 Å². The maximum atomic E-state index is 12.2. The van der Waals surface area contributed by atoms with Gasteiger partial charge < -0.3 is 25.3 Å². The van der Waals surface area contributed by atoms with E-state index in [9.17, 15) is 14.7 Å². The Bertz CT molecular complexity index is 547. The number of para-hydroxylation sites is 1. The summed E-state index contributed by atoms with van der Waals surface area (Å²) in [4.78, 5) is 27.0. The molecule has 1 aromatic carbocycles. The molecule has 2 rings (SSSR count). The van der Waals surface area contributed by atoms with E-state index < -0.39 is 11.7 Å². The van der Waals surface area contributed by atoms with E-state index in [0.717, 1.165) is 19.5 Å². The minimum atomic E-state index is -1.24. The third kappa shape index (κ3) is 3.63. The summed E-state index contributed by atoms with van der Waals surface area (Å²) in [5.74, 6) is -1.66. The zero-order valence-electron chi connectivity index (χ0n) is 11.9. The number of likely N-dealkylation sites (N-methyl/N-ethyl adjacent to an activating group) is 1. The molecule has 2 amide bonds. The van der Waals surface area contributed by atoms with Gasteiger partial charge in [-0.05, 0) is 32.1 Å². The van der Waals surface area contributed by atoms with Gasteiger partial charge in [0, 0.05) is 19.6 Å². The van der Waals surface area contributed by atoms with Crippen molar-refractivity contribution in [1.82, 2.24) is 9.80 Å². The Labute approximate surface area is 122 Å². The normalized spacial score (nSPS) is 16.3. The van der Waals surface area contributed by atoms with Crippen LogP contribution in [0.1, 0.15) is 16.8 Å². The lowest BCUT2D eigenvalue weighted by molar-refractivity contribution is 0.0693. The summed E-state index contributed by atoms with van der Waals surface area (Å²) < 4.78 is 0. The van der Waals surface area contributed by atoms with Crippen LogP contribution < -0.4 is 5.32 Å². The molecule has 0 aromatic heterocycles. The van der Waals surface area contributed by atoms with Gasteiger partial charge in [-0.2, -0.15) is 0 Å². The number of urea groups is 1. The molecule has 21 heavy (non-hydrogen) atoms. The molecule has 0 radical (unpaired) electrons. The number of phenols is 1. The summed E-state index contributed by atoms with van der Waals surface area (Å²) in [5.41, 5.74) is -0.124. The smallest absolute Gasteiger partial charge is 0.339 e. The number of carbonyl (C=O) groups excluding carboxylic acids is 1. The Morgan fingerprint density at radius 2 is 1.95 bits per heavy atom. The molecule has 1 aromatic rings. The Morgan fingerprint density at radius 1 is 1.19 bits per heavy atom. The Kier molecular flexibility index (Phi) is 4.64. The first kappa shape index (κ1) is 15.1. The van der Waals surface area contributed by atoms with Crippen molar-refractivity contribution in [3.63, 3.8) is 0 Å². The zero-order valence-corrected chi connectivity index (χ0v) is 11.9. The second kappa shape index (κ2) is 6.45. The van der Waals surface area contributed by atoms with E-state index in [1.165, 1.54) is 18.2 Å². The number of carboxylic acid groups (broad SMARTS) is 1. The number of hydrogen-bond donors (Lipinski definition) is 3. The van der Waals surface area contributed by atoms with Gasteiger partial charge in [0.1, 0.15) is 5.56 Å². The van der Waals surface area contributed by atoms with Gasteiger partial charge in [0.2, 0.25) is 0 Å². The summed E-state index contributed by atoms with van der Waals surface area (Å²) >= 11 is 0. The van der Waals surface area contributed by atoms with Crippen LogP contribution in [-0.4, -0.2) is 65.2 Å². The molecule has 1 saturated heterocycles. The number of carbonyl (C=O) groups is 2. The summed E-state index contributed by atoms with van der Waals surface area (Å²) in [6.45, 7) is 2.95. The maximum Gasteiger partial charge on any atom is 0.339 e. The second-order valence-corrected chi connectivity index (χ2v) is 5.08. The summed E-state index contributed by atoms with van der Waals surface area (Å²) in [5, 5.41) is 21.4. The van der Waals surface area contributed by atoms with E-state index in [0.29, 0.717) is 13.1 Å². The van der Waals surface area contributed by atoms with Gasteiger partial charge in [0.15, 0.2) is 5.75 Å². The van der Waals surface area contributed by atoms with Crippen molar-refractivity contribution in [1.29, 1.82) is 0 Å². The number of amides is 2. The van der Waals surface area contributed by atoms with E-state index in [2.05, 4.69) is 10.2 Å². The standard InChI is InChI=1S/C14H19N3O4/c1-16-6-3-7-17(9-8-16)14(21)15-11-5-2-4-10(12(11)18)13(19)20/h2,4-5,18H,3,6-9H2,1H3,(H,15,21)(H,19,20). The van der Waals surface area contributed by atoms with E-state index in [1.54, 1.807) is 4.90 Å². The van der Waals surface area contributed by atoms with Gasteiger partial charge in [0.05, 0.1) is 5.69 Å². The molecule has 7 nitrogen and oxygen atoms in total. The second-order valence-electron chi connectivity index (χ2n) is 5.08. The van der Waals surface area contributed by atoms with Gasteiger partial charge in [-0.15, -0.1) is 0 Å². The van der Waals surface area contributed by atoms with Gasteiger partial charge in [-0.3, -0.25) is 0 Å². The molecule has 1 fully saturated rings. The fourth-order valence-corrected chi connectivity index (χ4v) is 2.26. The molecule has 1 heterocycles. The average Bonchev–Trinajstić information content (AvgIpc) is 2.65. The van der Waals surface area contributed by atoms with Crippen molar-refractivity contribution in [3.05, 3.63) is 23.8 Å². The van der Waals surface area contributed by atoms with E-state index in [-0.39, 0.29) is 17.3 Å². The Hall–Kier alpha value is -2.28. The monoisotopic (exact) mass is 293 g/mol. The van der Waals surface area contributed by atoms with Crippen molar-refractivity contribution in [2.75, 3.05) is 38.5 Å². The van der Waals surface area contributed by atoms with Crippen molar-refractivity contribution >= 4 is 17.7 Å². The van der Waals surface area contributed by atoms with Crippen LogP contribution in [0, 0.1) is 0 Å². The molecule has 0 aliphatic carbocycles. The number of aromatic hydroxyl groups is 1. The lowest BCUT2D eigenvalue weighted by atomic mass is 10.1. The number of benzene rings is 1. The van der Waals surface area contributed by atoms with Crippen molar-refractivity contribution in [3.8, 4) is 5.75 Å². The van der Waals surface area contributed by atoms with Gasteiger partial charge in [-0.1, -0.05) is 6.07 Å². The maximum absolute atomic E-state index is 12.2. The van der Waals surface area contributed by atoms with Gasteiger partial charge in [-0.25, -0.2) is 9.59 Å². The van der Waals surface area contributed by atoms with Crippen LogP contribution in [0.4, 0.5) is 10.5 Å². The van der Waals surface area contributed by atoms with Crippen molar-refractivity contribution in [2.45, 2.75) is 6.42 Å². The Morgan fingerprint density at radius 3 is 2.67 bits per heavy atom. The number of hydrogen-bond acceptors (Lipinski definition) is 4. The number of carboxylic acids is 1. The zero-order chi connectivity index (χ0) is 15.4. The largest absolute Gasteiger partial charge is 0.505 e. The molecular weight excluding hydrogens is 274 g/mol. The molecule has 1 aliphatic heterocycles. The number of nitrogens with zero attached hydrogens (tertiary/aromatic N) is 2. The molecular formula is C14H19N3O4. The highest BCUT2D eigenvalue weighted by Crippen LogP contribution is 2.27. The molecule has 1 aliphatic rings. The van der Waals surface area contributed by atoms with Gasteiger partial charge in [0.25, 0.3) is 0 Å². The highest BCUT2D eigenvalue weighted by Gasteiger charge is 2.20. The fraction of sp³-hybridized carbons (Fsp3) is 0.429. The molecule has 0 saturated carbocycles. The van der Waals surface area contributed by atoms with Crippen LogP contribution in [0.2, 0.25) is 0 Å². The highest BCUT2D eigenvalue weighted by atomic mass is 16.4. The SMILES string of the molecule is CN1CCCN(C(=O)Nc2cccc(C(=O)O)c2O)CC1. The average molecular weight is 293 g/mol. The third-order valence-electron chi connectivity index (χ3n) is 3.51. The minimum absolute atomic E-state index is 0.109. The number of anilines is 1. The molecule has 3 N–H and O–H groups in total. The van der Waals surface area contributed by atoms with Crippen molar-refractivity contribution < 1.29 is 19.8 Å². The third-order valence-corrected chi connectivity index (χ3v) is 3.51. The van der Waals surface area contributed by atoms with Crippen LogP contribution in [0.5, 0.6) is 5.75 Å². The van der Waals surface area contributed by atoms with E-state index in [1.807, 2.05) is 7.05 Å².